The summed E-state index contributed by atoms with van der Waals surface area (Å²) in [5.74, 6) is 0. The van der Waals surface area contributed by atoms with E-state index in [1.807, 2.05) is 32.0 Å². The van der Waals surface area contributed by atoms with Crippen LogP contribution in [0.25, 0.3) is 0 Å². The fourth-order valence-electron chi connectivity index (χ4n) is 2.00. The molecule has 2 aromatic carbocycles. The molecule has 0 saturated heterocycles. The van der Waals surface area contributed by atoms with E-state index in [0.717, 1.165) is 24.2 Å². The van der Waals surface area contributed by atoms with Crippen LogP contribution < -0.4 is 16.8 Å². The standard InChI is InChI=1S/C16H21N3.C2H6/c17-11-10-13-6-8-15(9-7-13)19-12-16(18)14-4-2-1-3-5-14;1-2/h1-9,16,19H,10-12,17-18H2;1-2H3. The molecular formula is C18H27N3. The van der Waals surface area contributed by atoms with Crippen molar-refractivity contribution in [1.29, 1.82) is 0 Å². The van der Waals surface area contributed by atoms with Gasteiger partial charge in [0.2, 0.25) is 0 Å². The Balaban J connectivity index is 0.00000106. The second-order valence-electron chi connectivity index (χ2n) is 4.63. The summed E-state index contributed by atoms with van der Waals surface area (Å²) in [7, 11) is 0. The maximum absolute atomic E-state index is 6.14. The first-order chi connectivity index (χ1) is 10.3. The van der Waals surface area contributed by atoms with Crippen molar-refractivity contribution in [2.75, 3.05) is 18.4 Å². The van der Waals surface area contributed by atoms with Crippen molar-refractivity contribution in [3.05, 3.63) is 65.7 Å². The summed E-state index contributed by atoms with van der Waals surface area (Å²) in [6.45, 7) is 5.41. The Morgan fingerprint density at radius 2 is 1.57 bits per heavy atom. The third-order valence-corrected chi connectivity index (χ3v) is 3.14. The van der Waals surface area contributed by atoms with Gasteiger partial charge >= 0.3 is 0 Å². The molecule has 3 heteroatoms. The lowest BCUT2D eigenvalue weighted by atomic mass is 10.1. The topological polar surface area (TPSA) is 64.1 Å². The Labute approximate surface area is 128 Å². The van der Waals surface area contributed by atoms with E-state index in [9.17, 15) is 0 Å². The van der Waals surface area contributed by atoms with E-state index in [-0.39, 0.29) is 6.04 Å². The van der Waals surface area contributed by atoms with Gasteiger partial charge in [-0.15, -0.1) is 0 Å². The predicted molar refractivity (Wildman–Crippen MR) is 92.4 cm³/mol. The molecule has 0 aliphatic carbocycles. The molecule has 21 heavy (non-hydrogen) atoms. The zero-order valence-corrected chi connectivity index (χ0v) is 13.0. The maximum atomic E-state index is 6.14. The maximum Gasteiger partial charge on any atom is 0.0470 e. The molecule has 0 radical (unpaired) electrons. The fraction of sp³-hybridized carbons (Fsp3) is 0.333. The van der Waals surface area contributed by atoms with Crippen molar-refractivity contribution in [1.82, 2.24) is 0 Å². The summed E-state index contributed by atoms with van der Waals surface area (Å²) in [6.07, 6.45) is 0.920. The summed E-state index contributed by atoms with van der Waals surface area (Å²) in [5, 5.41) is 3.36. The molecule has 3 nitrogen and oxygen atoms in total. The Morgan fingerprint density at radius 1 is 0.952 bits per heavy atom. The van der Waals surface area contributed by atoms with Gasteiger partial charge in [0, 0.05) is 18.3 Å². The molecule has 0 fully saturated rings. The van der Waals surface area contributed by atoms with E-state index in [4.69, 9.17) is 11.5 Å². The fourth-order valence-corrected chi connectivity index (χ4v) is 2.00. The lowest BCUT2D eigenvalue weighted by Gasteiger charge is -2.14. The first kappa shape index (κ1) is 17.2. The molecule has 1 atom stereocenters. The van der Waals surface area contributed by atoms with Crippen LogP contribution in [-0.2, 0) is 6.42 Å². The monoisotopic (exact) mass is 285 g/mol. The molecule has 0 aliphatic rings. The number of hydrogen-bond acceptors (Lipinski definition) is 3. The minimum absolute atomic E-state index is 0.00455. The van der Waals surface area contributed by atoms with Crippen LogP contribution in [0.2, 0.25) is 0 Å². The molecule has 2 aromatic rings. The van der Waals surface area contributed by atoms with E-state index >= 15 is 0 Å². The number of nitrogens with one attached hydrogen (secondary N) is 1. The summed E-state index contributed by atoms with van der Waals surface area (Å²) in [4.78, 5) is 0. The molecule has 5 N–H and O–H groups in total. The third-order valence-electron chi connectivity index (χ3n) is 3.14. The van der Waals surface area contributed by atoms with Crippen LogP contribution >= 0.6 is 0 Å². The van der Waals surface area contributed by atoms with Crippen molar-refractivity contribution < 1.29 is 0 Å². The van der Waals surface area contributed by atoms with Crippen LogP contribution in [0.15, 0.2) is 54.6 Å². The number of anilines is 1. The van der Waals surface area contributed by atoms with Gasteiger partial charge in [0.15, 0.2) is 0 Å². The lowest BCUT2D eigenvalue weighted by Crippen LogP contribution is -2.20. The van der Waals surface area contributed by atoms with Crippen LogP contribution in [0.1, 0.15) is 31.0 Å². The molecule has 0 saturated carbocycles. The largest absolute Gasteiger partial charge is 0.383 e. The van der Waals surface area contributed by atoms with E-state index in [1.54, 1.807) is 0 Å². The molecule has 1 unspecified atom stereocenters. The molecule has 0 bridgehead atoms. The van der Waals surface area contributed by atoms with Gasteiger partial charge in [0.05, 0.1) is 0 Å². The number of hydrogen-bond donors (Lipinski definition) is 3. The Morgan fingerprint density at radius 3 is 2.14 bits per heavy atom. The molecule has 114 valence electrons. The minimum atomic E-state index is 0.00455. The minimum Gasteiger partial charge on any atom is -0.383 e. The van der Waals surface area contributed by atoms with Crippen molar-refractivity contribution in [3.8, 4) is 0 Å². The average Bonchev–Trinajstić information content (AvgIpc) is 2.57. The van der Waals surface area contributed by atoms with Crippen LogP contribution in [0.3, 0.4) is 0 Å². The number of benzene rings is 2. The smallest absolute Gasteiger partial charge is 0.0470 e. The zero-order valence-electron chi connectivity index (χ0n) is 13.0. The van der Waals surface area contributed by atoms with Crippen LogP contribution in [0.4, 0.5) is 5.69 Å². The van der Waals surface area contributed by atoms with Gasteiger partial charge in [0.1, 0.15) is 0 Å². The Kier molecular flexibility index (Phi) is 8.17. The predicted octanol–water partition coefficient (Wildman–Crippen LogP) is 3.33. The normalized spacial score (nSPS) is 11.2. The Hall–Kier alpha value is -1.84. The molecular weight excluding hydrogens is 258 g/mol. The number of nitrogens with two attached hydrogens (primary N) is 2. The van der Waals surface area contributed by atoms with Gasteiger partial charge in [0.25, 0.3) is 0 Å². The summed E-state index contributed by atoms with van der Waals surface area (Å²) < 4.78 is 0. The summed E-state index contributed by atoms with van der Waals surface area (Å²) in [6, 6.07) is 18.5. The van der Waals surface area contributed by atoms with Gasteiger partial charge in [-0.25, -0.2) is 0 Å². The van der Waals surface area contributed by atoms with Gasteiger partial charge in [-0.2, -0.15) is 0 Å². The zero-order chi connectivity index (χ0) is 15.5. The molecule has 0 spiro atoms. The van der Waals surface area contributed by atoms with Crippen LogP contribution in [0.5, 0.6) is 0 Å². The average molecular weight is 285 g/mol. The van der Waals surface area contributed by atoms with Gasteiger partial charge in [-0.1, -0.05) is 56.3 Å². The Bertz CT molecular complexity index is 480. The van der Waals surface area contributed by atoms with Crippen molar-refractivity contribution >= 4 is 5.69 Å². The molecule has 0 aromatic heterocycles. The quantitative estimate of drug-likeness (QED) is 0.763. The molecule has 0 heterocycles. The van der Waals surface area contributed by atoms with E-state index < -0.39 is 0 Å². The third kappa shape index (κ3) is 5.98. The van der Waals surface area contributed by atoms with Gasteiger partial charge < -0.3 is 16.8 Å². The molecule has 0 amide bonds. The van der Waals surface area contributed by atoms with E-state index in [0.29, 0.717) is 6.54 Å². The van der Waals surface area contributed by atoms with E-state index in [2.05, 4.69) is 41.7 Å². The second kappa shape index (κ2) is 9.97. The van der Waals surface area contributed by atoms with Gasteiger partial charge in [-0.05, 0) is 36.2 Å². The SMILES string of the molecule is CC.NCCc1ccc(NCC(N)c2ccccc2)cc1. The van der Waals surface area contributed by atoms with Crippen molar-refractivity contribution in [2.24, 2.45) is 11.5 Å². The highest BCUT2D eigenvalue weighted by Gasteiger charge is 2.04. The van der Waals surface area contributed by atoms with E-state index in [1.165, 1.54) is 5.56 Å². The van der Waals surface area contributed by atoms with Crippen LogP contribution in [-0.4, -0.2) is 13.1 Å². The van der Waals surface area contributed by atoms with Crippen molar-refractivity contribution in [2.45, 2.75) is 26.3 Å². The highest BCUT2D eigenvalue weighted by Crippen LogP contribution is 2.13. The van der Waals surface area contributed by atoms with Gasteiger partial charge in [-0.3, -0.25) is 0 Å². The highest BCUT2D eigenvalue weighted by atomic mass is 14.9. The number of rotatable bonds is 6. The summed E-state index contributed by atoms with van der Waals surface area (Å²) in [5.41, 5.74) is 15.2. The first-order valence-corrected chi connectivity index (χ1v) is 7.63. The lowest BCUT2D eigenvalue weighted by molar-refractivity contribution is 0.764. The summed E-state index contributed by atoms with van der Waals surface area (Å²) >= 11 is 0. The second-order valence-corrected chi connectivity index (χ2v) is 4.63. The first-order valence-electron chi connectivity index (χ1n) is 7.63. The molecule has 2 rings (SSSR count). The highest BCUT2D eigenvalue weighted by molar-refractivity contribution is 5.45. The van der Waals surface area contributed by atoms with Crippen LogP contribution in [0, 0.1) is 0 Å². The van der Waals surface area contributed by atoms with Crippen molar-refractivity contribution in [3.63, 3.8) is 0 Å². The molecule has 0 aliphatic heterocycles.